The summed E-state index contributed by atoms with van der Waals surface area (Å²) in [6.07, 6.45) is 1.55. The number of anilines is 1. The first-order valence-corrected chi connectivity index (χ1v) is 7.51. The molecule has 0 bridgehead atoms. The highest BCUT2D eigenvalue weighted by molar-refractivity contribution is 14.1. The average molecular weight is 382 g/mol. The fourth-order valence-corrected chi connectivity index (χ4v) is 2.44. The number of rotatable bonds is 4. The molecule has 1 heterocycles. The monoisotopic (exact) mass is 382 g/mol. The van der Waals surface area contributed by atoms with Gasteiger partial charge in [-0.1, -0.05) is 26.0 Å². The fourth-order valence-electron chi connectivity index (χ4n) is 1.81. The second kappa shape index (κ2) is 6.74. The summed E-state index contributed by atoms with van der Waals surface area (Å²) in [5, 5.41) is 10.8. The summed E-state index contributed by atoms with van der Waals surface area (Å²) < 4.78 is 0.886. The summed E-state index contributed by atoms with van der Waals surface area (Å²) in [5.41, 5.74) is 2.36. The number of amides is 1. The SMILES string of the molecule is CCc1nnc(NC(=O)c2ccccc2I)nc1CC. The van der Waals surface area contributed by atoms with Gasteiger partial charge in [0, 0.05) is 3.57 Å². The van der Waals surface area contributed by atoms with Gasteiger partial charge in [0.05, 0.1) is 17.0 Å². The zero-order valence-corrected chi connectivity index (χ0v) is 13.5. The van der Waals surface area contributed by atoms with Crippen molar-refractivity contribution in [3.63, 3.8) is 0 Å². The number of hydrogen-bond acceptors (Lipinski definition) is 4. The van der Waals surface area contributed by atoms with Gasteiger partial charge in [-0.05, 0) is 47.6 Å². The van der Waals surface area contributed by atoms with Crippen LogP contribution in [0.5, 0.6) is 0 Å². The number of aromatic nitrogens is 3. The zero-order valence-electron chi connectivity index (χ0n) is 11.4. The van der Waals surface area contributed by atoms with Gasteiger partial charge in [-0.25, -0.2) is 4.98 Å². The van der Waals surface area contributed by atoms with E-state index in [1.54, 1.807) is 6.07 Å². The Balaban J connectivity index is 2.22. The van der Waals surface area contributed by atoms with Crippen LogP contribution in [0.15, 0.2) is 24.3 Å². The van der Waals surface area contributed by atoms with Crippen molar-refractivity contribution in [3.05, 3.63) is 44.8 Å². The number of carbonyl (C=O) groups is 1. The molecule has 1 amide bonds. The van der Waals surface area contributed by atoms with Crippen LogP contribution >= 0.6 is 22.6 Å². The number of halogens is 1. The summed E-state index contributed by atoms with van der Waals surface area (Å²) >= 11 is 2.13. The molecule has 0 radical (unpaired) electrons. The molecule has 2 aromatic rings. The molecule has 0 atom stereocenters. The van der Waals surface area contributed by atoms with Crippen LogP contribution in [-0.4, -0.2) is 21.1 Å². The van der Waals surface area contributed by atoms with Crippen molar-refractivity contribution in [1.82, 2.24) is 15.2 Å². The Hall–Kier alpha value is -1.57. The van der Waals surface area contributed by atoms with Gasteiger partial charge in [-0.15, -0.1) is 10.2 Å². The molecule has 0 unspecified atom stereocenters. The van der Waals surface area contributed by atoms with Crippen molar-refractivity contribution in [1.29, 1.82) is 0 Å². The van der Waals surface area contributed by atoms with E-state index in [-0.39, 0.29) is 11.9 Å². The van der Waals surface area contributed by atoms with Crippen molar-refractivity contribution in [2.24, 2.45) is 0 Å². The van der Waals surface area contributed by atoms with Crippen LogP contribution in [0.3, 0.4) is 0 Å². The first kappa shape index (κ1) is 14.8. The lowest BCUT2D eigenvalue weighted by Gasteiger charge is -2.07. The molecule has 1 aromatic heterocycles. The molecule has 0 fully saturated rings. The fraction of sp³-hybridized carbons (Fsp3) is 0.286. The maximum absolute atomic E-state index is 12.2. The van der Waals surface area contributed by atoms with Crippen molar-refractivity contribution in [3.8, 4) is 0 Å². The van der Waals surface area contributed by atoms with E-state index in [0.717, 1.165) is 27.8 Å². The topological polar surface area (TPSA) is 67.8 Å². The first-order chi connectivity index (χ1) is 9.65. The Morgan fingerprint density at radius 3 is 2.50 bits per heavy atom. The Morgan fingerprint density at radius 2 is 1.85 bits per heavy atom. The quantitative estimate of drug-likeness (QED) is 0.826. The van der Waals surface area contributed by atoms with Crippen LogP contribution in [-0.2, 0) is 12.8 Å². The summed E-state index contributed by atoms with van der Waals surface area (Å²) in [5.74, 6) is 0.0341. The van der Waals surface area contributed by atoms with Crippen molar-refractivity contribution < 1.29 is 4.79 Å². The number of nitrogens with zero attached hydrogens (tertiary/aromatic N) is 3. The predicted octanol–water partition coefficient (Wildman–Crippen LogP) is 2.85. The summed E-state index contributed by atoms with van der Waals surface area (Å²) in [6.45, 7) is 4.02. The molecule has 5 nitrogen and oxygen atoms in total. The smallest absolute Gasteiger partial charge is 0.259 e. The lowest BCUT2D eigenvalue weighted by atomic mass is 10.2. The highest BCUT2D eigenvalue weighted by Gasteiger charge is 2.12. The Bertz CT molecular complexity index is 630. The van der Waals surface area contributed by atoms with E-state index in [1.807, 2.05) is 32.0 Å². The predicted molar refractivity (Wildman–Crippen MR) is 85.7 cm³/mol. The maximum Gasteiger partial charge on any atom is 0.259 e. The van der Waals surface area contributed by atoms with Gasteiger partial charge >= 0.3 is 0 Å². The summed E-state index contributed by atoms with van der Waals surface area (Å²) in [6, 6.07) is 7.37. The molecule has 1 N–H and O–H groups in total. The van der Waals surface area contributed by atoms with E-state index >= 15 is 0 Å². The van der Waals surface area contributed by atoms with Crippen LogP contribution in [0.25, 0.3) is 0 Å². The lowest BCUT2D eigenvalue weighted by Crippen LogP contribution is -2.17. The first-order valence-electron chi connectivity index (χ1n) is 6.44. The van der Waals surface area contributed by atoms with E-state index in [4.69, 9.17) is 0 Å². The van der Waals surface area contributed by atoms with E-state index in [0.29, 0.717) is 5.56 Å². The van der Waals surface area contributed by atoms with Crippen LogP contribution in [0.4, 0.5) is 5.95 Å². The molecule has 0 aliphatic rings. The van der Waals surface area contributed by atoms with Crippen LogP contribution in [0.2, 0.25) is 0 Å². The minimum Gasteiger partial charge on any atom is -0.289 e. The normalized spacial score (nSPS) is 10.3. The number of benzene rings is 1. The van der Waals surface area contributed by atoms with Crippen LogP contribution in [0.1, 0.15) is 35.6 Å². The molecule has 0 aliphatic carbocycles. The molecule has 0 spiro atoms. The van der Waals surface area contributed by atoms with Gasteiger partial charge in [0.2, 0.25) is 5.95 Å². The number of carbonyl (C=O) groups excluding carboxylic acids is 1. The third kappa shape index (κ3) is 3.30. The van der Waals surface area contributed by atoms with Gasteiger partial charge in [0.25, 0.3) is 5.91 Å². The Morgan fingerprint density at radius 1 is 1.15 bits per heavy atom. The van der Waals surface area contributed by atoms with E-state index in [9.17, 15) is 4.79 Å². The van der Waals surface area contributed by atoms with Crippen molar-refractivity contribution >= 4 is 34.4 Å². The summed E-state index contributed by atoms with van der Waals surface area (Å²) in [4.78, 5) is 16.5. The molecule has 104 valence electrons. The van der Waals surface area contributed by atoms with Crippen LogP contribution in [0, 0.1) is 3.57 Å². The van der Waals surface area contributed by atoms with Gasteiger partial charge in [-0.2, -0.15) is 0 Å². The molecule has 0 aliphatic heterocycles. The molecule has 20 heavy (non-hydrogen) atoms. The van der Waals surface area contributed by atoms with Crippen molar-refractivity contribution in [2.45, 2.75) is 26.7 Å². The average Bonchev–Trinajstić information content (AvgIpc) is 2.47. The number of hydrogen-bond donors (Lipinski definition) is 1. The zero-order chi connectivity index (χ0) is 14.5. The minimum atomic E-state index is -0.219. The van der Waals surface area contributed by atoms with Crippen molar-refractivity contribution in [2.75, 3.05) is 5.32 Å². The van der Waals surface area contributed by atoms with Gasteiger partial charge in [0.15, 0.2) is 0 Å². The maximum atomic E-state index is 12.2. The molecule has 0 saturated heterocycles. The number of aryl methyl sites for hydroxylation is 2. The molecule has 0 saturated carbocycles. The highest BCUT2D eigenvalue weighted by Crippen LogP contribution is 2.13. The Labute approximate surface area is 131 Å². The van der Waals surface area contributed by atoms with E-state index < -0.39 is 0 Å². The minimum absolute atomic E-state index is 0.219. The Kier molecular flexibility index (Phi) is 4.99. The molecule has 2 rings (SSSR count). The standard InChI is InChI=1S/C14H15IN4O/c1-3-11-12(4-2)18-19-14(16-11)17-13(20)9-7-5-6-8-10(9)15/h5-8H,3-4H2,1-2H3,(H,16,17,19,20). The highest BCUT2D eigenvalue weighted by atomic mass is 127. The summed E-state index contributed by atoms with van der Waals surface area (Å²) in [7, 11) is 0. The second-order valence-corrected chi connectivity index (χ2v) is 5.33. The lowest BCUT2D eigenvalue weighted by molar-refractivity contribution is 0.102. The molecule has 1 aromatic carbocycles. The third-order valence-corrected chi connectivity index (χ3v) is 3.79. The van der Waals surface area contributed by atoms with E-state index in [1.165, 1.54) is 0 Å². The molecular formula is C14H15IN4O. The third-order valence-electron chi connectivity index (χ3n) is 2.85. The molecular weight excluding hydrogens is 367 g/mol. The van der Waals surface area contributed by atoms with Gasteiger partial charge < -0.3 is 0 Å². The van der Waals surface area contributed by atoms with E-state index in [2.05, 4.69) is 43.1 Å². The van der Waals surface area contributed by atoms with Gasteiger partial charge in [-0.3, -0.25) is 10.1 Å². The van der Waals surface area contributed by atoms with Crippen LogP contribution < -0.4 is 5.32 Å². The largest absolute Gasteiger partial charge is 0.289 e. The number of nitrogens with one attached hydrogen (secondary N) is 1. The second-order valence-electron chi connectivity index (χ2n) is 4.17. The van der Waals surface area contributed by atoms with Gasteiger partial charge in [0.1, 0.15) is 0 Å². The molecule has 6 heteroatoms.